The summed E-state index contributed by atoms with van der Waals surface area (Å²) in [6.45, 7) is 6.30. The molecule has 0 atom stereocenters. The predicted octanol–water partition coefficient (Wildman–Crippen LogP) is 3.75. The number of amides is 1. The number of nitrogens with one attached hydrogen (secondary N) is 1. The van der Waals surface area contributed by atoms with Crippen molar-refractivity contribution in [3.63, 3.8) is 0 Å². The number of anilines is 2. The van der Waals surface area contributed by atoms with Gasteiger partial charge < -0.3 is 9.88 Å². The Labute approximate surface area is 197 Å². The van der Waals surface area contributed by atoms with E-state index in [-0.39, 0.29) is 18.2 Å². The molecule has 3 aromatic rings. The number of nitrogens with zero attached hydrogens (tertiary/aromatic N) is 4. The minimum atomic E-state index is -3.65. The molecule has 0 aliphatic carbocycles. The number of sulfonamides is 1. The molecule has 33 heavy (non-hydrogen) atoms. The van der Waals surface area contributed by atoms with Crippen LogP contribution in [0.25, 0.3) is 0 Å². The van der Waals surface area contributed by atoms with E-state index in [1.165, 1.54) is 36.0 Å². The number of benzene rings is 2. The van der Waals surface area contributed by atoms with Crippen LogP contribution in [0.3, 0.4) is 0 Å². The summed E-state index contributed by atoms with van der Waals surface area (Å²) in [5.74, 6) is -0.0933. The molecule has 0 saturated heterocycles. The lowest BCUT2D eigenvalue weighted by Crippen LogP contribution is -2.30. The monoisotopic (exact) mass is 491 g/mol. The van der Waals surface area contributed by atoms with E-state index in [9.17, 15) is 17.6 Å². The highest BCUT2D eigenvalue weighted by Gasteiger charge is 2.22. The second kappa shape index (κ2) is 10.3. The fourth-order valence-corrected chi connectivity index (χ4v) is 4.82. The molecule has 0 fully saturated rings. The van der Waals surface area contributed by atoms with Crippen LogP contribution in [0.5, 0.6) is 0 Å². The SMILES string of the molecule is CCn1c(CN(c2ccc(F)cc2)S(C)(=O)=O)nnc1SCC(=O)Nc1ccc(C)c(C)c1. The Morgan fingerprint density at radius 2 is 1.82 bits per heavy atom. The molecule has 1 N–H and O–H groups in total. The molecule has 0 aliphatic heterocycles. The number of halogens is 1. The van der Waals surface area contributed by atoms with Gasteiger partial charge in [0.25, 0.3) is 0 Å². The number of hydrogen-bond donors (Lipinski definition) is 1. The average molecular weight is 492 g/mol. The second-order valence-corrected chi connectivity index (χ2v) is 10.4. The number of carbonyl (C=O) groups excluding carboxylic acids is 1. The highest BCUT2D eigenvalue weighted by atomic mass is 32.2. The summed E-state index contributed by atoms with van der Waals surface area (Å²) in [7, 11) is -3.65. The van der Waals surface area contributed by atoms with Crippen molar-refractivity contribution < 1.29 is 17.6 Å². The van der Waals surface area contributed by atoms with Gasteiger partial charge in [-0.3, -0.25) is 9.10 Å². The van der Waals surface area contributed by atoms with Crippen LogP contribution >= 0.6 is 11.8 Å². The van der Waals surface area contributed by atoms with E-state index in [0.717, 1.165) is 27.4 Å². The Kier molecular flexibility index (Phi) is 7.75. The zero-order valence-electron chi connectivity index (χ0n) is 18.9. The summed E-state index contributed by atoms with van der Waals surface area (Å²) in [5.41, 5.74) is 3.29. The van der Waals surface area contributed by atoms with Crippen LogP contribution < -0.4 is 9.62 Å². The van der Waals surface area contributed by atoms with Gasteiger partial charge in [-0.15, -0.1) is 10.2 Å². The zero-order chi connectivity index (χ0) is 24.2. The van der Waals surface area contributed by atoms with Gasteiger partial charge in [-0.05, 0) is 68.3 Å². The third-order valence-electron chi connectivity index (χ3n) is 5.03. The summed E-state index contributed by atoms with van der Waals surface area (Å²) in [4.78, 5) is 12.4. The Morgan fingerprint density at radius 3 is 2.42 bits per heavy atom. The van der Waals surface area contributed by atoms with Gasteiger partial charge in [-0.2, -0.15) is 0 Å². The Morgan fingerprint density at radius 1 is 1.12 bits per heavy atom. The van der Waals surface area contributed by atoms with Gasteiger partial charge in [-0.1, -0.05) is 17.8 Å². The molecule has 0 unspecified atom stereocenters. The Hall–Kier alpha value is -2.92. The first-order valence-electron chi connectivity index (χ1n) is 10.2. The van der Waals surface area contributed by atoms with Crippen LogP contribution in [0.15, 0.2) is 47.6 Å². The number of rotatable bonds is 9. The Balaban J connectivity index is 1.72. The van der Waals surface area contributed by atoms with Crippen LogP contribution in [0.2, 0.25) is 0 Å². The molecule has 1 aromatic heterocycles. The first-order valence-corrected chi connectivity index (χ1v) is 13.1. The van der Waals surface area contributed by atoms with E-state index >= 15 is 0 Å². The molecule has 0 saturated carbocycles. The summed E-state index contributed by atoms with van der Waals surface area (Å²) in [6, 6.07) is 10.9. The van der Waals surface area contributed by atoms with Gasteiger partial charge in [0.05, 0.1) is 24.2 Å². The van der Waals surface area contributed by atoms with Crippen molar-refractivity contribution in [1.29, 1.82) is 0 Å². The first-order chi connectivity index (χ1) is 15.6. The van der Waals surface area contributed by atoms with Crippen LogP contribution in [0.1, 0.15) is 23.9 Å². The minimum absolute atomic E-state index is 0.0687. The zero-order valence-corrected chi connectivity index (χ0v) is 20.5. The maximum atomic E-state index is 13.3. The summed E-state index contributed by atoms with van der Waals surface area (Å²) in [6.07, 6.45) is 1.08. The number of thioether (sulfide) groups is 1. The van der Waals surface area contributed by atoms with E-state index in [1.807, 2.05) is 39.0 Å². The van der Waals surface area contributed by atoms with Gasteiger partial charge >= 0.3 is 0 Å². The molecule has 3 rings (SSSR count). The lowest BCUT2D eigenvalue weighted by molar-refractivity contribution is -0.113. The van der Waals surface area contributed by atoms with E-state index in [4.69, 9.17) is 0 Å². The van der Waals surface area contributed by atoms with Crippen molar-refractivity contribution in [2.75, 3.05) is 21.6 Å². The largest absolute Gasteiger partial charge is 0.325 e. The predicted molar refractivity (Wildman–Crippen MR) is 128 cm³/mol. The average Bonchev–Trinajstić information content (AvgIpc) is 3.15. The van der Waals surface area contributed by atoms with Crippen molar-refractivity contribution >= 4 is 39.1 Å². The smallest absolute Gasteiger partial charge is 0.234 e. The molecule has 0 bridgehead atoms. The van der Waals surface area contributed by atoms with Crippen molar-refractivity contribution in [3.8, 4) is 0 Å². The molecule has 0 aliphatic rings. The fourth-order valence-electron chi connectivity index (χ4n) is 3.14. The summed E-state index contributed by atoms with van der Waals surface area (Å²) >= 11 is 1.22. The van der Waals surface area contributed by atoms with E-state index in [1.54, 1.807) is 4.57 Å². The van der Waals surface area contributed by atoms with Gasteiger partial charge in [0, 0.05) is 12.2 Å². The summed E-state index contributed by atoms with van der Waals surface area (Å²) < 4.78 is 40.9. The second-order valence-electron chi connectivity index (χ2n) is 7.53. The number of aryl methyl sites for hydroxylation is 2. The molecule has 11 heteroatoms. The third kappa shape index (κ3) is 6.32. The highest BCUT2D eigenvalue weighted by molar-refractivity contribution is 7.99. The topological polar surface area (TPSA) is 97.2 Å². The van der Waals surface area contributed by atoms with Gasteiger partial charge in [0.1, 0.15) is 5.82 Å². The van der Waals surface area contributed by atoms with Gasteiger partial charge in [0.2, 0.25) is 15.9 Å². The van der Waals surface area contributed by atoms with E-state index < -0.39 is 15.8 Å². The minimum Gasteiger partial charge on any atom is -0.325 e. The van der Waals surface area contributed by atoms with Crippen LogP contribution in [0.4, 0.5) is 15.8 Å². The lowest BCUT2D eigenvalue weighted by atomic mass is 10.1. The van der Waals surface area contributed by atoms with Gasteiger partial charge in [-0.25, -0.2) is 12.8 Å². The molecule has 0 radical (unpaired) electrons. The number of hydrogen-bond acceptors (Lipinski definition) is 6. The normalized spacial score (nSPS) is 11.4. The third-order valence-corrected chi connectivity index (χ3v) is 7.14. The Bertz CT molecular complexity index is 1240. The molecular formula is C22H26FN5O3S2. The van der Waals surface area contributed by atoms with Crippen molar-refractivity contribution in [3.05, 3.63) is 65.2 Å². The molecule has 1 amide bonds. The molecule has 8 nitrogen and oxygen atoms in total. The number of carbonyl (C=O) groups is 1. The maximum absolute atomic E-state index is 13.3. The van der Waals surface area contributed by atoms with Crippen molar-refractivity contribution in [2.45, 2.75) is 39.0 Å². The van der Waals surface area contributed by atoms with Crippen LogP contribution in [0, 0.1) is 19.7 Å². The van der Waals surface area contributed by atoms with Crippen LogP contribution in [-0.4, -0.2) is 41.1 Å². The highest BCUT2D eigenvalue weighted by Crippen LogP contribution is 2.23. The molecule has 0 spiro atoms. The molecular weight excluding hydrogens is 465 g/mol. The van der Waals surface area contributed by atoms with E-state index in [2.05, 4.69) is 15.5 Å². The first kappa shape index (κ1) is 24.7. The van der Waals surface area contributed by atoms with Gasteiger partial charge in [0.15, 0.2) is 11.0 Å². The molecule has 2 aromatic carbocycles. The molecule has 176 valence electrons. The lowest BCUT2D eigenvalue weighted by Gasteiger charge is -2.22. The van der Waals surface area contributed by atoms with E-state index in [0.29, 0.717) is 23.2 Å². The quantitative estimate of drug-likeness (QED) is 0.458. The van der Waals surface area contributed by atoms with Crippen molar-refractivity contribution in [2.24, 2.45) is 0 Å². The molecule has 1 heterocycles. The van der Waals surface area contributed by atoms with Crippen LogP contribution in [-0.2, 0) is 27.9 Å². The maximum Gasteiger partial charge on any atom is 0.234 e. The fraction of sp³-hybridized carbons (Fsp3) is 0.318. The van der Waals surface area contributed by atoms with Crippen molar-refractivity contribution in [1.82, 2.24) is 14.8 Å². The summed E-state index contributed by atoms with van der Waals surface area (Å²) in [5, 5.41) is 11.7. The standard InChI is InChI=1S/C22H26FN5O3S2/c1-5-27-20(13-28(33(4,30)31)19-10-7-17(23)8-11-19)25-26-22(27)32-14-21(29)24-18-9-6-15(2)16(3)12-18/h6-12H,5,13-14H2,1-4H3,(H,24,29). The number of aromatic nitrogens is 3.